The third-order valence-electron chi connectivity index (χ3n) is 2.63. The minimum atomic E-state index is -1.39. The van der Waals surface area contributed by atoms with Crippen LogP contribution in [0.2, 0.25) is 19.1 Å². The lowest BCUT2D eigenvalue weighted by atomic mass is 10.0. The summed E-state index contributed by atoms with van der Waals surface area (Å²) in [6, 6.07) is 1.16. The van der Waals surface area contributed by atoms with Crippen molar-refractivity contribution in [1.82, 2.24) is 0 Å². The minimum Gasteiger partial charge on any atom is -0.407 e. The molecule has 0 N–H and O–H groups in total. The smallest absolute Gasteiger partial charge is 0.191 e. The molecule has 0 radical (unpaired) electrons. The first-order valence-electron chi connectivity index (χ1n) is 4.93. The molecule has 1 atom stereocenters. The fourth-order valence-corrected chi connectivity index (χ4v) is 3.50. The maximum absolute atomic E-state index is 6.14. The Hall–Kier alpha value is -0.343. The molecule has 1 aliphatic rings. The molecular formula is C11H20OSi. The monoisotopic (exact) mass is 196 g/mol. The molecule has 0 fully saturated rings. The van der Waals surface area contributed by atoms with E-state index < -0.39 is 8.32 Å². The third-order valence-corrected chi connectivity index (χ3v) is 4.70. The van der Waals surface area contributed by atoms with Crippen molar-refractivity contribution in [2.24, 2.45) is 0 Å². The van der Waals surface area contributed by atoms with Gasteiger partial charge in [0.25, 0.3) is 0 Å². The van der Waals surface area contributed by atoms with Crippen molar-refractivity contribution in [2.45, 2.75) is 46.0 Å². The largest absolute Gasteiger partial charge is 0.407 e. The van der Waals surface area contributed by atoms with Crippen LogP contribution in [0.15, 0.2) is 23.3 Å². The van der Waals surface area contributed by atoms with Crippen LogP contribution < -0.4 is 0 Å². The van der Waals surface area contributed by atoms with Gasteiger partial charge < -0.3 is 4.43 Å². The van der Waals surface area contributed by atoms with Gasteiger partial charge in [0.2, 0.25) is 0 Å². The molecule has 1 heterocycles. The van der Waals surface area contributed by atoms with Crippen molar-refractivity contribution in [1.29, 1.82) is 0 Å². The number of hydrogen-bond acceptors (Lipinski definition) is 1. The van der Waals surface area contributed by atoms with E-state index in [-0.39, 0.29) is 6.10 Å². The van der Waals surface area contributed by atoms with Crippen LogP contribution in [0, 0.1) is 0 Å². The fourth-order valence-electron chi connectivity index (χ4n) is 1.58. The zero-order chi connectivity index (χ0) is 10.1. The Morgan fingerprint density at radius 3 is 2.77 bits per heavy atom. The van der Waals surface area contributed by atoms with Gasteiger partial charge in [0.05, 0.1) is 6.10 Å². The van der Waals surface area contributed by atoms with Crippen molar-refractivity contribution >= 4 is 8.32 Å². The third kappa shape index (κ3) is 2.55. The van der Waals surface area contributed by atoms with E-state index in [1.165, 1.54) is 11.1 Å². The van der Waals surface area contributed by atoms with Crippen LogP contribution in [0.25, 0.3) is 0 Å². The molecule has 0 aromatic rings. The van der Waals surface area contributed by atoms with E-state index in [9.17, 15) is 0 Å². The highest BCUT2D eigenvalue weighted by molar-refractivity contribution is 6.71. The summed E-state index contributed by atoms with van der Waals surface area (Å²) >= 11 is 0. The quantitative estimate of drug-likeness (QED) is 0.461. The van der Waals surface area contributed by atoms with E-state index in [0.717, 1.165) is 6.04 Å². The summed E-state index contributed by atoms with van der Waals surface area (Å²) in [6.45, 7) is 11.0. The standard InChI is InChI=1S/C11H20OSi/c1-6-9(2)11-10(3)7-8-13(4,5)12-11/h6-7,11H,8H2,1-5H3. The first kappa shape index (κ1) is 10.7. The zero-order valence-corrected chi connectivity index (χ0v) is 10.3. The molecule has 1 nitrogen and oxygen atoms in total. The Kier molecular flexibility index (Phi) is 3.14. The molecule has 2 heteroatoms. The Morgan fingerprint density at radius 1 is 1.62 bits per heavy atom. The second kappa shape index (κ2) is 3.80. The number of allylic oxidation sites excluding steroid dienone is 2. The number of rotatable bonds is 1. The normalized spacial score (nSPS) is 28.5. The summed E-state index contributed by atoms with van der Waals surface area (Å²) in [5.74, 6) is 0. The molecule has 0 amide bonds. The molecular weight excluding hydrogens is 176 g/mol. The van der Waals surface area contributed by atoms with Gasteiger partial charge in [0.15, 0.2) is 8.32 Å². The lowest BCUT2D eigenvalue weighted by Gasteiger charge is -2.34. The van der Waals surface area contributed by atoms with Crippen LogP contribution in [0.5, 0.6) is 0 Å². The Bertz CT molecular complexity index is 251. The maximum Gasteiger partial charge on any atom is 0.191 e. The van der Waals surface area contributed by atoms with Crippen molar-refractivity contribution < 1.29 is 4.43 Å². The van der Waals surface area contributed by atoms with E-state index in [4.69, 9.17) is 4.43 Å². The summed E-state index contributed by atoms with van der Waals surface area (Å²) in [5.41, 5.74) is 2.72. The summed E-state index contributed by atoms with van der Waals surface area (Å²) in [7, 11) is -1.39. The predicted molar refractivity (Wildman–Crippen MR) is 60.4 cm³/mol. The molecule has 1 aliphatic heterocycles. The van der Waals surface area contributed by atoms with E-state index in [0.29, 0.717) is 0 Å². The second-order valence-corrected chi connectivity index (χ2v) is 8.61. The van der Waals surface area contributed by atoms with E-state index in [2.05, 4.69) is 46.0 Å². The number of hydrogen-bond donors (Lipinski definition) is 0. The van der Waals surface area contributed by atoms with E-state index in [1.807, 2.05) is 0 Å². The van der Waals surface area contributed by atoms with Gasteiger partial charge in [-0.1, -0.05) is 12.2 Å². The average Bonchev–Trinajstić information content (AvgIpc) is 2.08. The van der Waals surface area contributed by atoms with Crippen LogP contribution in [0.1, 0.15) is 20.8 Å². The molecule has 1 unspecified atom stereocenters. The molecule has 0 aromatic heterocycles. The fraction of sp³-hybridized carbons (Fsp3) is 0.636. The van der Waals surface area contributed by atoms with E-state index >= 15 is 0 Å². The topological polar surface area (TPSA) is 9.23 Å². The summed E-state index contributed by atoms with van der Waals surface area (Å²) in [5, 5.41) is 0. The van der Waals surface area contributed by atoms with Gasteiger partial charge in [-0.15, -0.1) is 0 Å². The Labute approximate surface area is 82.6 Å². The Balaban J connectivity index is 2.86. The highest BCUT2D eigenvalue weighted by atomic mass is 28.4. The lowest BCUT2D eigenvalue weighted by Crippen LogP contribution is -2.39. The van der Waals surface area contributed by atoms with Gasteiger partial charge in [-0.2, -0.15) is 0 Å². The molecule has 0 aromatic carbocycles. The van der Waals surface area contributed by atoms with Gasteiger partial charge in [0, 0.05) is 0 Å². The van der Waals surface area contributed by atoms with Crippen LogP contribution in [-0.4, -0.2) is 14.4 Å². The van der Waals surface area contributed by atoms with Gasteiger partial charge in [-0.3, -0.25) is 0 Å². The zero-order valence-electron chi connectivity index (χ0n) is 9.35. The summed E-state index contributed by atoms with van der Waals surface area (Å²) in [4.78, 5) is 0. The van der Waals surface area contributed by atoms with Crippen LogP contribution in [0.3, 0.4) is 0 Å². The molecule has 0 saturated heterocycles. The van der Waals surface area contributed by atoms with E-state index in [1.54, 1.807) is 0 Å². The molecule has 0 bridgehead atoms. The molecule has 1 rings (SSSR count). The first-order valence-corrected chi connectivity index (χ1v) is 8.05. The maximum atomic E-state index is 6.14. The van der Waals surface area contributed by atoms with Gasteiger partial charge >= 0.3 is 0 Å². The highest BCUT2D eigenvalue weighted by Crippen LogP contribution is 2.28. The van der Waals surface area contributed by atoms with Gasteiger partial charge in [-0.05, 0) is 51.1 Å². The van der Waals surface area contributed by atoms with Crippen molar-refractivity contribution in [2.75, 3.05) is 0 Å². The lowest BCUT2D eigenvalue weighted by molar-refractivity contribution is 0.255. The van der Waals surface area contributed by atoms with Crippen molar-refractivity contribution in [3.8, 4) is 0 Å². The molecule has 0 saturated carbocycles. The van der Waals surface area contributed by atoms with Crippen molar-refractivity contribution in [3.63, 3.8) is 0 Å². The first-order chi connectivity index (χ1) is 5.96. The van der Waals surface area contributed by atoms with Crippen molar-refractivity contribution in [3.05, 3.63) is 23.3 Å². The van der Waals surface area contributed by atoms with Crippen LogP contribution in [-0.2, 0) is 4.43 Å². The van der Waals surface area contributed by atoms with Gasteiger partial charge in [-0.25, -0.2) is 0 Å². The molecule has 0 spiro atoms. The van der Waals surface area contributed by atoms with Crippen LogP contribution >= 0.6 is 0 Å². The molecule has 74 valence electrons. The summed E-state index contributed by atoms with van der Waals surface area (Å²) < 4.78 is 6.14. The highest BCUT2D eigenvalue weighted by Gasteiger charge is 2.30. The predicted octanol–water partition coefficient (Wildman–Crippen LogP) is 3.50. The Morgan fingerprint density at radius 2 is 2.23 bits per heavy atom. The SMILES string of the molecule is CC=C(C)C1O[Si](C)(C)CC=C1C. The second-order valence-electron chi connectivity index (χ2n) is 4.44. The molecule has 0 aliphatic carbocycles. The average molecular weight is 196 g/mol. The molecule has 13 heavy (non-hydrogen) atoms. The summed E-state index contributed by atoms with van der Waals surface area (Å²) in [6.07, 6.45) is 4.77. The van der Waals surface area contributed by atoms with Gasteiger partial charge in [0.1, 0.15) is 0 Å². The van der Waals surface area contributed by atoms with Crippen LogP contribution in [0.4, 0.5) is 0 Å². The minimum absolute atomic E-state index is 0.264.